The maximum atomic E-state index is 11.8. The highest BCUT2D eigenvalue weighted by molar-refractivity contribution is 5.81. The van der Waals surface area contributed by atoms with Crippen LogP contribution in [0.3, 0.4) is 0 Å². The van der Waals surface area contributed by atoms with Crippen molar-refractivity contribution in [3.05, 3.63) is 0 Å². The highest BCUT2D eigenvalue weighted by atomic mass is 16.2. The molecule has 1 fully saturated rings. The zero-order valence-corrected chi connectivity index (χ0v) is 9.55. The Morgan fingerprint density at radius 3 is 2.64 bits per heavy atom. The summed E-state index contributed by atoms with van der Waals surface area (Å²) < 4.78 is 0. The van der Waals surface area contributed by atoms with E-state index in [4.69, 9.17) is 5.73 Å². The highest BCUT2D eigenvalue weighted by Gasteiger charge is 2.33. The number of hydrogen-bond acceptors (Lipinski definition) is 2. The largest absolute Gasteiger partial charge is 0.341 e. The Morgan fingerprint density at radius 1 is 1.57 bits per heavy atom. The van der Waals surface area contributed by atoms with Gasteiger partial charge in [0, 0.05) is 13.1 Å². The molecule has 3 heteroatoms. The van der Waals surface area contributed by atoms with Crippen LogP contribution in [0.2, 0.25) is 0 Å². The fourth-order valence-electron chi connectivity index (χ4n) is 1.97. The summed E-state index contributed by atoms with van der Waals surface area (Å²) >= 11 is 0. The van der Waals surface area contributed by atoms with Crippen molar-refractivity contribution in [2.45, 2.75) is 46.1 Å². The average molecular weight is 198 g/mol. The Kier molecular flexibility index (Phi) is 3.53. The topological polar surface area (TPSA) is 46.3 Å². The third kappa shape index (κ3) is 2.71. The minimum absolute atomic E-state index is 0.137. The lowest BCUT2D eigenvalue weighted by atomic mass is 9.93. The van der Waals surface area contributed by atoms with Gasteiger partial charge in [0.05, 0.1) is 6.04 Å². The summed E-state index contributed by atoms with van der Waals surface area (Å²) in [4.78, 5) is 13.7. The van der Waals surface area contributed by atoms with Gasteiger partial charge in [-0.05, 0) is 18.3 Å². The van der Waals surface area contributed by atoms with Crippen molar-refractivity contribution in [2.24, 2.45) is 11.1 Å². The van der Waals surface area contributed by atoms with Gasteiger partial charge < -0.3 is 10.6 Å². The molecule has 1 heterocycles. The van der Waals surface area contributed by atoms with Gasteiger partial charge in [0.1, 0.15) is 0 Å². The molecule has 2 N–H and O–H groups in total. The second-order valence-electron chi connectivity index (χ2n) is 5.07. The number of nitrogens with two attached hydrogens (primary N) is 1. The number of carbonyl (C=O) groups is 1. The third-order valence-corrected chi connectivity index (χ3v) is 2.91. The van der Waals surface area contributed by atoms with E-state index in [-0.39, 0.29) is 17.4 Å². The minimum atomic E-state index is -0.283. The molecule has 0 aromatic rings. The Balaban J connectivity index is 2.47. The van der Waals surface area contributed by atoms with Crippen LogP contribution >= 0.6 is 0 Å². The summed E-state index contributed by atoms with van der Waals surface area (Å²) in [5, 5.41) is 0. The summed E-state index contributed by atoms with van der Waals surface area (Å²) in [6.07, 6.45) is 2.87. The molecule has 1 rings (SSSR count). The van der Waals surface area contributed by atoms with E-state index in [0.29, 0.717) is 0 Å². The molecule has 0 aromatic heterocycles. The molecule has 1 saturated heterocycles. The molecule has 1 amide bonds. The molecule has 1 aliphatic rings. The average Bonchev–Trinajstić information content (AvgIpc) is 2.45. The van der Waals surface area contributed by atoms with Crippen LogP contribution in [0.15, 0.2) is 0 Å². The molecule has 0 spiro atoms. The summed E-state index contributed by atoms with van der Waals surface area (Å²) in [6.45, 7) is 8.20. The smallest absolute Gasteiger partial charge is 0.239 e. The van der Waals surface area contributed by atoms with Crippen molar-refractivity contribution in [1.82, 2.24) is 4.90 Å². The Bertz CT molecular complexity index is 213. The molecule has 0 bridgehead atoms. The van der Waals surface area contributed by atoms with Gasteiger partial charge in [-0.1, -0.05) is 27.2 Å². The first-order chi connectivity index (χ1) is 6.46. The van der Waals surface area contributed by atoms with Crippen LogP contribution in [0, 0.1) is 5.41 Å². The molecule has 82 valence electrons. The molecular weight excluding hydrogens is 176 g/mol. The van der Waals surface area contributed by atoms with E-state index < -0.39 is 0 Å². The maximum Gasteiger partial charge on any atom is 0.239 e. The van der Waals surface area contributed by atoms with Crippen molar-refractivity contribution >= 4 is 5.91 Å². The molecular formula is C11H22N2O. The highest BCUT2D eigenvalue weighted by Crippen LogP contribution is 2.29. The predicted octanol–water partition coefficient (Wildman–Crippen LogP) is 1.37. The Morgan fingerprint density at radius 2 is 2.21 bits per heavy atom. The van der Waals surface area contributed by atoms with Crippen LogP contribution < -0.4 is 5.73 Å². The summed E-state index contributed by atoms with van der Waals surface area (Å²) in [7, 11) is 0. The van der Waals surface area contributed by atoms with Gasteiger partial charge in [-0.15, -0.1) is 0 Å². The van der Waals surface area contributed by atoms with Crippen molar-refractivity contribution < 1.29 is 4.79 Å². The molecule has 1 atom stereocenters. The fourth-order valence-corrected chi connectivity index (χ4v) is 1.97. The van der Waals surface area contributed by atoms with Crippen LogP contribution in [0.25, 0.3) is 0 Å². The van der Waals surface area contributed by atoms with E-state index in [2.05, 4.69) is 20.8 Å². The molecule has 0 aromatic carbocycles. The summed E-state index contributed by atoms with van der Waals surface area (Å²) in [5.74, 6) is 0.137. The first-order valence-corrected chi connectivity index (χ1v) is 5.50. The quantitative estimate of drug-likeness (QED) is 0.744. The Hall–Kier alpha value is -0.570. The summed E-state index contributed by atoms with van der Waals surface area (Å²) in [6, 6.07) is -0.283. The van der Waals surface area contributed by atoms with Crippen molar-refractivity contribution in [2.75, 3.05) is 13.1 Å². The second-order valence-corrected chi connectivity index (χ2v) is 5.07. The van der Waals surface area contributed by atoms with Crippen LogP contribution in [-0.4, -0.2) is 29.9 Å². The van der Waals surface area contributed by atoms with E-state index in [1.54, 1.807) is 0 Å². The first-order valence-electron chi connectivity index (χ1n) is 5.50. The zero-order valence-electron chi connectivity index (χ0n) is 9.55. The van der Waals surface area contributed by atoms with Gasteiger partial charge in [-0.2, -0.15) is 0 Å². The fraction of sp³-hybridized carbons (Fsp3) is 0.909. The van der Waals surface area contributed by atoms with Gasteiger partial charge in [0.25, 0.3) is 0 Å². The number of rotatable bonds is 3. The SMILES string of the molecule is CCCC(N)C(=O)N1CCC(C)(C)C1. The molecule has 3 nitrogen and oxygen atoms in total. The van der Waals surface area contributed by atoms with Gasteiger partial charge in [0.2, 0.25) is 5.91 Å². The lowest BCUT2D eigenvalue weighted by molar-refractivity contribution is -0.132. The molecule has 1 unspecified atom stereocenters. The number of nitrogens with zero attached hydrogens (tertiary/aromatic N) is 1. The molecule has 14 heavy (non-hydrogen) atoms. The predicted molar refractivity (Wildman–Crippen MR) is 57.9 cm³/mol. The number of hydrogen-bond donors (Lipinski definition) is 1. The number of carbonyl (C=O) groups excluding carboxylic acids is 1. The number of likely N-dealkylation sites (tertiary alicyclic amines) is 1. The first kappa shape index (κ1) is 11.5. The standard InChI is InChI=1S/C11H22N2O/c1-4-5-9(12)10(14)13-7-6-11(2,3)8-13/h9H,4-8,12H2,1-3H3. The van der Waals surface area contributed by atoms with Crippen molar-refractivity contribution in [3.8, 4) is 0 Å². The normalized spacial score (nSPS) is 22.4. The van der Waals surface area contributed by atoms with E-state index in [9.17, 15) is 4.79 Å². The minimum Gasteiger partial charge on any atom is -0.341 e. The summed E-state index contributed by atoms with van der Waals surface area (Å²) in [5.41, 5.74) is 6.08. The van der Waals surface area contributed by atoms with E-state index >= 15 is 0 Å². The van der Waals surface area contributed by atoms with Crippen LogP contribution in [-0.2, 0) is 4.79 Å². The van der Waals surface area contributed by atoms with Crippen LogP contribution in [0.1, 0.15) is 40.0 Å². The molecule has 0 radical (unpaired) electrons. The second kappa shape index (κ2) is 4.30. The molecule has 0 aliphatic carbocycles. The van der Waals surface area contributed by atoms with Gasteiger partial charge in [-0.25, -0.2) is 0 Å². The maximum absolute atomic E-state index is 11.8. The lowest BCUT2D eigenvalue weighted by Crippen LogP contribution is -2.43. The van der Waals surface area contributed by atoms with Crippen molar-refractivity contribution in [3.63, 3.8) is 0 Å². The lowest BCUT2D eigenvalue weighted by Gasteiger charge is -2.22. The van der Waals surface area contributed by atoms with Gasteiger partial charge in [-0.3, -0.25) is 4.79 Å². The van der Waals surface area contributed by atoms with Crippen LogP contribution in [0.5, 0.6) is 0 Å². The van der Waals surface area contributed by atoms with Crippen LogP contribution in [0.4, 0.5) is 0 Å². The molecule has 1 aliphatic heterocycles. The van der Waals surface area contributed by atoms with E-state index in [1.165, 1.54) is 0 Å². The van der Waals surface area contributed by atoms with E-state index in [0.717, 1.165) is 32.4 Å². The zero-order chi connectivity index (χ0) is 10.8. The van der Waals surface area contributed by atoms with Gasteiger partial charge in [0.15, 0.2) is 0 Å². The van der Waals surface area contributed by atoms with Crippen molar-refractivity contribution in [1.29, 1.82) is 0 Å². The monoisotopic (exact) mass is 198 g/mol. The third-order valence-electron chi connectivity index (χ3n) is 2.91. The molecule has 0 saturated carbocycles. The van der Waals surface area contributed by atoms with Gasteiger partial charge >= 0.3 is 0 Å². The van der Waals surface area contributed by atoms with E-state index in [1.807, 2.05) is 4.90 Å². The Labute approximate surface area is 86.6 Å². The number of amides is 1.